The van der Waals surface area contributed by atoms with Crippen molar-refractivity contribution < 1.29 is 0 Å². The normalized spacial score (nSPS) is 26.6. The van der Waals surface area contributed by atoms with Gasteiger partial charge >= 0.3 is 0 Å². The summed E-state index contributed by atoms with van der Waals surface area (Å²) in [6.07, 6.45) is 11.0. The first kappa shape index (κ1) is 13.5. The van der Waals surface area contributed by atoms with Gasteiger partial charge in [-0.3, -0.25) is 0 Å². The molecule has 3 nitrogen and oxygen atoms in total. The van der Waals surface area contributed by atoms with Crippen LogP contribution in [-0.2, 0) is 11.9 Å². The van der Waals surface area contributed by atoms with Crippen molar-refractivity contribution in [3.05, 3.63) is 53.8 Å². The Morgan fingerprint density at radius 1 is 1.33 bits per heavy atom. The number of para-hydroxylation sites is 1. The summed E-state index contributed by atoms with van der Waals surface area (Å²) >= 11 is 5.04. The number of alkyl halides is 1. The highest BCUT2D eigenvalue weighted by Crippen LogP contribution is 2.34. The Bertz CT molecular complexity index is 653. The van der Waals surface area contributed by atoms with Crippen LogP contribution >= 0.6 is 15.9 Å². The maximum atomic E-state index is 3.79. The van der Waals surface area contributed by atoms with Crippen LogP contribution in [0, 0.1) is 0 Å². The third-order valence-corrected chi connectivity index (χ3v) is 6.02. The van der Waals surface area contributed by atoms with Crippen molar-refractivity contribution in [1.29, 1.82) is 0 Å². The van der Waals surface area contributed by atoms with Gasteiger partial charge in [0.25, 0.3) is 0 Å². The Balaban J connectivity index is 1.61. The minimum absolute atomic E-state index is 0.302. The van der Waals surface area contributed by atoms with E-state index in [0.717, 1.165) is 13.1 Å². The number of nitrogens with zero attached hydrogens (tertiary/aromatic N) is 1. The van der Waals surface area contributed by atoms with Gasteiger partial charge < -0.3 is 10.6 Å². The molecule has 1 saturated heterocycles. The summed E-state index contributed by atoms with van der Waals surface area (Å²) in [6.45, 7) is 1.93. The highest BCUT2D eigenvalue weighted by atomic mass is 79.9. The van der Waals surface area contributed by atoms with Gasteiger partial charge in [0.2, 0.25) is 0 Å². The van der Waals surface area contributed by atoms with Crippen LogP contribution in [0.3, 0.4) is 0 Å². The van der Waals surface area contributed by atoms with Gasteiger partial charge in [0.05, 0.1) is 17.1 Å². The van der Waals surface area contributed by atoms with Crippen LogP contribution in [0.25, 0.3) is 6.08 Å². The molecule has 3 heterocycles. The van der Waals surface area contributed by atoms with Crippen molar-refractivity contribution >= 4 is 39.6 Å². The van der Waals surface area contributed by atoms with E-state index in [9.17, 15) is 0 Å². The minimum Gasteiger partial charge on any atom is -0.377 e. The predicted molar refractivity (Wildman–Crippen MR) is 94.6 cm³/mol. The Labute approximate surface area is 137 Å². The zero-order chi connectivity index (χ0) is 14.2. The third kappa shape index (κ3) is 2.43. The summed E-state index contributed by atoms with van der Waals surface area (Å²) in [6, 6.07) is 6.53. The standard InChI is InChI=1S/C16H16BrN3S/c17-13-10-20(16-12(13)6-3-9-19-16)21-14-7-1-4-11-5-2-8-18-15(11)14/h1-7,9,13,16,18-19H,8,10H2/p+1. The highest BCUT2D eigenvalue weighted by Gasteiger charge is 2.41. The number of hydrogen-bond donors (Lipinski definition) is 2. The van der Waals surface area contributed by atoms with Crippen LogP contribution in [0.15, 0.2) is 53.1 Å². The van der Waals surface area contributed by atoms with Gasteiger partial charge in [0, 0.05) is 12.1 Å². The zero-order valence-corrected chi connectivity index (χ0v) is 13.9. The number of halogens is 1. The fourth-order valence-corrected chi connectivity index (χ4v) is 5.20. The zero-order valence-electron chi connectivity index (χ0n) is 11.5. The maximum absolute atomic E-state index is 3.79. The number of anilines is 1. The van der Waals surface area contributed by atoms with E-state index in [1.807, 2.05) is 6.20 Å². The van der Waals surface area contributed by atoms with E-state index in [1.165, 1.54) is 33.7 Å². The van der Waals surface area contributed by atoms with Crippen LogP contribution in [0.5, 0.6) is 0 Å². The van der Waals surface area contributed by atoms with Crippen LogP contribution in [-0.4, -0.2) is 28.4 Å². The number of benzene rings is 1. The molecule has 0 aliphatic carbocycles. The average molecular weight is 363 g/mol. The van der Waals surface area contributed by atoms with Gasteiger partial charge in [-0.1, -0.05) is 50.6 Å². The summed E-state index contributed by atoms with van der Waals surface area (Å²) in [5.74, 6) is 0. The molecule has 3 aliphatic rings. The average Bonchev–Trinajstić information content (AvgIpc) is 2.85. The smallest absolute Gasteiger partial charge is 0.197 e. The molecule has 0 radical (unpaired) electrons. The van der Waals surface area contributed by atoms with E-state index >= 15 is 0 Å². The lowest BCUT2D eigenvalue weighted by Crippen LogP contribution is -2.39. The molecule has 2 unspecified atom stereocenters. The molecule has 108 valence electrons. The van der Waals surface area contributed by atoms with Gasteiger partial charge in [0.1, 0.15) is 18.1 Å². The first-order chi connectivity index (χ1) is 10.3. The van der Waals surface area contributed by atoms with Crippen molar-refractivity contribution in [1.82, 2.24) is 9.62 Å². The molecule has 0 saturated carbocycles. The Kier molecular flexibility index (Phi) is 3.57. The fraction of sp³-hybridized carbons (Fsp3) is 0.250. The largest absolute Gasteiger partial charge is 0.377 e. The quantitative estimate of drug-likeness (QED) is 0.481. The summed E-state index contributed by atoms with van der Waals surface area (Å²) in [7, 11) is 0. The van der Waals surface area contributed by atoms with E-state index in [0.29, 0.717) is 11.0 Å². The van der Waals surface area contributed by atoms with Crippen LogP contribution < -0.4 is 10.6 Å². The number of fused-ring (bicyclic) bond motifs is 2. The van der Waals surface area contributed by atoms with Gasteiger partial charge in [0.15, 0.2) is 4.90 Å². The van der Waals surface area contributed by atoms with Crippen LogP contribution in [0.4, 0.5) is 5.69 Å². The summed E-state index contributed by atoms with van der Waals surface area (Å²) in [4.78, 5) is 1.77. The number of nitrogens with one attached hydrogen (secondary N) is 2. The van der Waals surface area contributed by atoms with Crippen molar-refractivity contribution in [2.45, 2.75) is 15.9 Å². The van der Waals surface area contributed by atoms with E-state index < -0.39 is 0 Å². The second kappa shape index (κ2) is 5.55. The molecule has 1 aromatic carbocycles. The Hall–Kier alpha value is -1.17. The summed E-state index contributed by atoms with van der Waals surface area (Å²) in [5, 5.41) is 6.97. The number of allylic oxidation sites excluding steroid dienone is 2. The SMILES string of the molecule is BrC1CN([SH+]c2cccc3c2NCC=C3)C2NC=CC=C12. The molecule has 1 aromatic rings. The second-order valence-electron chi connectivity index (χ2n) is 5.31. The molecule has 0 amide bonds. The van der Waals surface area contributed by atoms with Crippen LogP contribution in [0.1, 0.15) is 5.56 Å². The third-order valence-electron chi connectivity index (χ3n) is 3.97. The maximum Gasteiger partial charge on any atom is 0.197 e. The number of dihydropyridines is 1. The molecular weight excluding hydrogens is 346 g/mol. The molecule has 0 bridgehead atoms. The number of hydrogen-bond acceptors (Lipinski definition) is 3. The summed E-state index contributed by atoms with van der Waals surface area (Å²) in [5.41, 5.74) is 3.98. The topological polar surface area (TPSA) is 27.3 Å². The lowest BCUT2D eigenvalue weighted by atomic mass is 10.1. The Morgan fingerprint density at radius 3 is 3.24 bits per heavy atom. The molecule has 0 spiro atoms. The van der Waals surface area contributed by atoms with E-state index in [-0.39, 0.29) is 0 Å². The van der Waals surface area contributed by atoms with Crippen molar-refractivity contribution in [3.8, 4) is 0 Å². The molecule has 2 atom stereocenters. The molecule has 21 heavy (non-hydrogen) atoms. The van der Waals surface area contributed by atoms with Crippen molar-refractivity contribution in [2.24, 2.45) is 0 Å². The fourth-order valence-electron chi connectivity index (χ4n) is 2.96. The highest BCUT2D eigenvalue weighted by molar-refractivity contribution is 9.09. The van der Waals surface area contributed by atoms with E-state index in [1.54, 1.807) is 0 Å². The molecular formula is C16H17BrN3S+. The molecule has 5 heteroatoms. The van der Waals surface area contributed by atoms with E-state index in [2.05, 4.69) is 73.4 Å². The van der Waals surface area contributed by atoms with Crippen molar-refractivity contribution in [2.75, 3.05) is 18.4 Å². The van der Waals surface area contributed by atoms with Crippen molar-refractivity contribution in [3.63, 3.8) is 0 Å². The minimum atomic E-state index is 0.302. The lowest BCUT2D eigenvalue weighted by molar-refractivity contribution is 0.428. The monoisotopic (exact) mass is 362 g/mol. The lowest BCUT2D eigenvalue weighted by Gasteiger charge is -2.21. The van der Waals surface area contributed by atoms with Gasteiger partial charge in [-0.15, -0.1) is 0 Å². The molecule has 3 aliphatic heterocycles. The molecule has 1 fully saturated rings. The Morgan fingerprint density at radius 2 is 2.29 bits per heavy atom. The molecule has 0 aromatic heterocycles. The number of thiol groups is 1. The first-order valence-electron chi connectivity index (χ1n) is 7.11. The summed E-state index contributed by atoms with van der Waals surface area (Å²) < 4.78 is 2.46. The predicted octanol–water partition coefficient (Wildman–Crippen LogP) is 2.66. The molecule has 4 rings (SSSR count). The van der Waals surface area contributed by atoms with Crippen LogP contribution in [0.2, 0.25) is 0 Å². The molecule has 2 N–H and O–H groups in total. The van der Waals surface area contributed by atoms with Gasteiger partial charge in [-0.25, -0.2) is 0 Å². The van der Waals surface area contributed by atoms with Gasteiger partial charge in [-0.2, -0.15) is 0 Å². The first-order valence-corrected chi connectivity index (χ1v) is 8.88. The number of rotatable bonds is 2. The van der Waals surface area contributed by atoms with Gasteiger partial charge in [-0.05, 0) is 23.9 Å². The van der Waals surface area contributed by atoms with E-state index in [4.69, 9.17) is 0 Å². The second-order valence-corrected chi connectivity index (χ2v) is 7.61.